The van der Waals surface area contributed by atoms with Gasteiger partial charge in [-0.25, -0.2) is 4.79 Å². The summed E-state index contributed by atoms with van der Waals surface area (Å²) in [4.78, 5) is 12.9. The molecule has 2 aromatic carbocycles. The van der Waals surface area contributed by atoms with Crippen LogP contribution in [0, 0.1) is 11.3 Å². The fourth-order valence-electron chi connectivity index (χ4n) is 3.41. The number of nitriles is 1. The van der Waals surface area contributed by atoms with Crippen LogP contribution in [-0.4, -0.2) is 6.61 Å². The fraction of sp³-hybridized carbons (Fsp3) is 0.143. The first-order valence-corrected chi connectivity index (χ1v) is 9.40. The number of nitrogens with two attached hydrogens (primary N) is 1. The van der Waals surface area contributed by atoms with E-state index >= 15 is 0 Å². The number of hydrogen-bond donors (Lipinski definition) is 1. The quantitative estimate of drug-likeness (QED) is 0.615. The molecular formula is C21H15BrN2O4. The molecule has 7 heteroatoms. The van der Waals surface area contributed by atoms with Crippen molar-refractivity contribution in [3.63, 3.8) is 0 Å². The van der Waals surface area contributed by atoms with Gasteiger partial charge in [0.1, 0.15) is 23.0 Å². The summed E-state index contributed by atoms with van der Waals surface area (Å²) in [5.74, 6) is 0.0410. The topological polar surface area (TPSA) is 98.5 Å². The van der Waals surface area contributed by atoms with Crippen LogP contribution in [0.4, 0.5) is 0 Å². The van der Waals surface area contributed by atoms with Crippen LogP contribution in [0.25, 0.3) is 11.0 Å². The largest absolute Gasteiger partial charge is 0.494 e. The molecule has 140 valence electrons. The molecule has 0 saturated heterocycles. The molecule has 2 heterocycles. The Morgan fingerprint density at radius 3 is 2.82 bits per heavy atom. The van der Waals surface area contributed by atoms with Crippen LogP contribution in [0.3, 0.4) is 0 Å². The van der Waals surface area contributed by atoms with E-state index in [9.17, 15) is 10.1 Å². The van der Waals surface area contributed by atoms with Gasteiger partial charge in [0.05, 0.1) is 23.5 Å². The van der Waals surface area contributed by atoms with E-state index in [0.717, 1.165) is 4.47 Å². The monoisotopic (exact) mass is 438 g/mol. The van der Waals surface area contributed by atoms with Crippen molar-refractivity contribution in [3.05, 3.63) is 79.9 Å². The van der Waals surface area contributed by atoms with Crippen LogP contribution < -0.4 is 20.8 Å². The van der Waals surface area contributed by atoms with Crippen molar-refractivity contribution < 1.29 is 13.9 Å². The van der Waals surface area contributed by atoms with Gasteiger partial charge in [-0.1, -0.05) is 28.1 Å². The number of ether oxygens (including phenoxy) is 2. The number of para-hydroxylation sites is 1. The van der Waals surface area contributed by atoms with Gasteiger partial charge in [-0.3, -0.25) is 0 Å². The molecule has 1 atom stereocenters. The maximum atomic E-state index is 12.9. The lowest BCUT2D eigenvalue weighted by atomic mass is 9.83. The van der Waals surface area contributed by atoms with Crippen molar-refractivity contribution in [2.45, 2.75) is 12.8 Å². The van der Waals surface area contributed by atoms with Crippen LogP contribution in [0.5, 0.6) is 11.5 Å². The molecule has 0 radical (unpaired) electrons. The third kappa shape index (κ3) is 2.83. The van der Waals surface area contributed by atoms with E-state index in [0.29, 0.717) is 34.6 Å². The first kappa shape index (κ1) is 18.1. The van der Waals surface area contributed by atoms with E-state index in [2.05, 4.69) is 22.0 Å². The van der Waals surface area contributed by atoms with Crippen LogP contribution in [0.2, 0.25) is 0 Å². The number of fused-ring (bicyclic) bond motifs is 3. The van der Waals surface area contributed by atoms with Crippen LogP contribution in [0.15, 0.2) is 67.6 Å². The highest BCUT2D eigenvalue weighted by Gasteiger charge is 2.37. The maximum Gasteiger partial charge on any atom is 0.344 e. The molecule has 1 aliphatic heterocycles. The molecule has 28 heavy (non-hydrogen) atoms. The number of benzene rings is 2. The highest BCUT2D eigenvalue weighted by Crippen LogP contribution is 2.46. The summed E-state index contributed by atoms with van der Waals surface area (Å²) in [5, 5.41) is 10.4. The molecule has 0 bridgehead atoms. The van der Waals surface area contributed by atoms with Crippen molar-refractivity contribution in [3.8, 4) is 17.6 Å². The van der Waals surface area contributed by atoms with Gasteiger partial charge in [0, 0.05) is 10.0 Å². The van der Waals surface area contributed by atoms with Gasteiger partial charge in [0.25, 0.3) is 0 Å². The normalized spacial score (nSPS) is 15.7. The Labute approximate surface area is 168 Å². The molecular weight excluding hydrogens is 424 g/mol. The third-order valence-electron chi connectivity index (χ3n) is 4.56. The Hall–Kier alpha value is -3.24. The molecule has 6 nitrogen and oxygen atoms in total. The number of allylic oxidation sites excluding steroid dienone is 1. The summed E-state index contributed by atoms with van der Waals surface area (Å²) < 4.78 is 17.8. The predicted molar refractivity (Wildman–Crippen MR) is 107 cm³/mol. The Bertz CT molecular complexity index is 1220. The highest BCUT2D eigenvalue weighted by atomic mass is 79.9. The zero-order valence-electron chi connectivity index (χ0n) is 14.9. The summed E-state index contributed by atoms with van der Waals surface area (Å²) in [6.45, 7) is 2.29. The molecule has 1 aliphatic rings. The van der Waals surface area contributed by atoms with Gasteiger partial charge in [-0.15, -0.1) is 0 Å². The second-order valence-electron chi connectivity index (χ2n) is 6.17. The standard InChI is InChI=1S/C21H15BrN2O4/c1-2-26-15-8-7-11(22)9-13(15)17-14(10-23)20(24)28-19-12-5-3-4-6-16(12)27-21(25)18(17)19/h3-9,17H,2,24H2,1H3/t17-/m1/s1. The van der Waals surface area contributed by atoms with E-state index in [1.165, 1.54) is 0 Å². The smallest absolute Gasteiger partial charge is 0.344 e. The Kier molecular flexibility index (Phi) is 4.57. The predicted octanol–water partition coefficient (Wildman–Crippen LogP) is 4.17. The van der Waals surface area contributed by atoms with Crippen molar-refractivity contribution in [2.75, 3.05) is 6.61 Å². The first-order chi connectivity index (χ1) is 13.5. The van der Waals surface area contributed by atoms with Crippen LogP contribution in [-0.2, 0) is 0 Å². The van der Waals surface area contributed by atoms with Crippen molar-refractivity contribution in [2.24, 2.45) is 5.73 Å². The van der Waals surface area contributed by atoms with E-state index in [1.807, 2.05) is 25.1 Å². The summed E-state index contributed by atoms with van der Waals surface area (Å²) in [5.41, 5.74) is 6.88. The summed E-state index contributed by atoms with van der Waals surface area (Å²) >= 11 is 3.45. The number of rotatable bonds is 3. The Morgan fingerprint density at radius 2 is 2.07 bits per heavy atom. The van der Waals surface area contributed by atoms with Crippen molar-refractivity contribution in [1.29, 1.82) is 5.26 Å². The van der Waals surface area contributed by atoms with Gasteiger partial charge in [0.2, 0.25) is 5.88 Å². The van der Waals surface area contributed by atoms with Crippen molar-refractivity contribution in [1.82, 2.24) is 0 Å². The lowest BCUT2D eigenvalue weighted by molar-refractivity contribution is 0.334. The molecule has 0 amide bonds. The second-order valence-corrected chi connectivity index (χ2v) is 7.08. The minimum Gasteiger partial charge on any atom is -0.494 e. The Morgan fingerprint density at radius 1 is 1.29 bits per heavy atom. The van der Waals surface area contributed by atoms with E-state index < -0.39 is 11.5 Å². The fourth-order valence-corrected chi connectivity index (χ4v) is 3.79. The Balaban J connectivity index is 2.09. The molecule has 0 spiro atoms. The van der Waals surface area contributed by atoms with Gasteiger partial charge < -0.3 is 19.6 Å². The van der Waals surface area contributed by atoms with E-state index in [-0.39, 0.29) is 17.0 Å². The number of nitrogens with zero attached hydrogens (tertiary/aromatic N) is 1. The van der Waals surface area contributed by atoms with Gasteiger partial charge in [-0.2, -0.15) is 5.26 Å². The summed E-state index contributed by atoms with van der Waals surface area (Å²) in [6.07, 6.45) is 0. The molecule has 1 aromatic heterocycles. The molecule has 2 N–H and O–H groups in total. The summed E-state index contributed by atoms with van der Waals surface area (Å²) in [7, 11) is 0. The highest BCUT2D eigenvalue weighted by molar-refractivity contribution is 9.10. The lowest BCUT2D eigenvalue weighted by Crippen LogP contribution is -2.26. The van der Waals surface area contributed by atoms with E-state index in [4.69, 9.17) is 19.6 Å². The number of halogens is 1. The number of hydrogen-bond acceptors (Lipinski definition) is 6. The lowest BCUT2D eigenvalue weighted by Gasteiger charge is -2.27. The van der Waals surface area contributed by atoms with Crippen LogP contribution in [0.1, 0.15) is 24.0 Å². The second kappa shape index (κ2) is 7.06. The van der Waals surface area contributed by atoms with Crippen molar-refractivity contribution >= 4 is 26.9 Å². The average molecular weight is 439 g/mol. The third-order valence-corrected chi connectivity index (χ3v) is 5.05. The maximum absolute atomic E-state index is 12.9. The molecule has 0 fully saturated rings. The zero-order valence-corrected chi connectivity index (χ0v) is 16.4. The minimum absolute atomic E-state index is 0.0434. The molecule has 0 aliphatic carbocycles. The molecule has 4 rings (SSSR count). The minimum atomic E-state index is -0.770. The zero-order chi connectivity index (χ0) is 19.8. The van der Waals surface area contributed by atoms with E-state index in [1.54, 1.807) is 24.3 Å². The summed E-state index contributed by atoms with van der Waals surface area (Å²) in [6, 6.07) is 14.5. The van der Waals surface area contributed by atoms with Gasteiger partial charge in [0.15, 0.2) is 5.75 Å². The molecule has 3 aromatic rings. The molecule has 0 saturated carbocycles. The average Bonchev–Trinajstić information content (AvgIpc) is 2.68. The SMILES string of the molecule is CCOc1ccc(Br)cc1[C@@H]1C(C#N)=C(N)Oc2c1c(=O)oc1ccccc21. The van der Waals surface area contributed by atoms with Gasteiger partial charge in [-0.05, 0) is 37.3 Å². The van der Waals surface area contributed by atoms with Gasteiger partial charge >= 0.3 is 5.63 Å². The first-order valence-electron chi connectivity index (χ1n) is 8.60. The molecule has 0 unspecified atom stereocenters. The van der Waals surface area contributed by atoms with Crippen LogP contribution >= 0.6 is 15.9 Å².